The second-order valence-electron chi connectivity index (χ2n) is 2.88. The Bertz CT molecular complexity index is 600. The Morgan fingerprint density at radius 3 is 2.56 bits per heavy atom. The molecule has 0 saturated heterocycles. The lowest BCUT2D eigenvalue weighted by atomic mass is 10.2. The van der Waals surface area contributed by atoms with Gasteiger partial charge in [0.15, 0.2) is 0 Å². The van der Waals surface area contributed by atoms with Gasteiger partial charge in [-0.3, -0.25) is 5.43 Å². The number of carbonyl (C=O) groups is 1. The number of nitriles is 2. The van der Waals surface area contributed by atoms with E-state index in [4.69, 9.17) is 15.6 Å². The monoisotopic (exact) mass is 310 g/mol. The van der Waals surface area contributed by atoms with Crippen LogP contribution in [-0.4, -0.2) is 16.8 Å². The lowest BCUT2D eigenvalue weighted by Crippen LogP contribution is -2.07. The van der Waals surface area contributed by atoms with E-state index in [1.54, 1.807) is 0 Å². The minimum Gasteiger partial charge on any atom is -0.478 e. The van der Waals surface area contributed by atoms with Gasteiger partial charge in [0.2, 0.25) is 5.71 Å². The van der Waals surface area contributed by atoms with Crippen LogP contribution in [0, 0.1) is 28.5 Å². The van der Waals surface area contributed by atoms with Crippen molar-refractivity contribution >= 4 is 33.3 Å². The number of nitrogens with zero attached hydrogens (tertiary/aromatic N) is 3. The highest BCUT2D eigenvalue weighted by atomic mass is 79.9. The first-order valence-corrected chi connectivity index (χ1v) is 5.15. The minimum atomic E-state index is -1.38. The van der Waals surface area contributed by atoms with Crippen molar-refractivity contribution in [3.8, 4) is 12.1 Å². The molecule has 1 rings (SSSR count). The van der Waals surface area contributed by atoms with Gasteiger partial charge < -0.3 is 5.11 Å². The van der Waals surface area contributed by atoms with Crippen LogP contribution in [0.2, 0.25) is 0 Å². The summed E-state index contributed by atoms with van der Waals surface area (Å²) in [7, 11) is 0. The number of benzene rings is 1. The second kappa shape index (κ2) is 5.75. The molecule has 18 heavy (non-hydrogen) atoms. The van der Waals surface area contributed by atoms with E-state index in [1.807, 2.05) is 0 Å². The predicted molar refractivity (Wildman–Crippen MR) is 63.3 cm³/mol. The molecule has 0 amide bonds. The standard InChI is InChI=1S/C10H4BrFN4O2/c11-6-1-2-7(12)9(8(6)10(17)18)16-15-5(3-13)4-14/h1-2,16H,(H,17,18). The van der Waals surface area contributed by atoms with Crippen molar-refractivity contribution in [1.29, 1.82) is 10.5 Å². The Balaban J connectivity index is 3.30. The number of carboxylic acids is 1. The molecule has 0 aliphatic heterocycles. The fourth-order valence-electron chi connectivity index (χ4n) is 1.06. The first-order valence-electron chi connectivity index (χ1n) is 4.36. The number of hydrogen-bond acceptors (Lipinski definition) is 5. The zero-order chi connectivity index (χ0) is 13.7. The van der Waals surface area contributed by atoms with Crippen molar-refractivity contribution in [2.24, 2.45) is 5.10 Å². The van der Waals surface area contributed by atoms with Gasteiger partial charge in [-0.25, -0.2) is 9.18 Å². The smallest absolute Gasteiger partial charge is 0.339 e. The molecule has 0 spiro atoms. The van der Waals surface area contributed by atoms with E-state index in [1.165, 1.54) is 18.2 Å². The minimum absolute atomic E-state index is 0.143. The van der Waals surface area contributed by atoms with E-state index in [0.717, 1.165) is 6.07 Å². The second-order valence-corrected chi connectivity index (χ2v) is 3.73. The SMILES string of the molecule is N#CC(C#N)=NNc1c(F)ccc(Br)c1C(=O)O. The Morgan fingerprint density at radius 1 is 1.44 bits per heavy atom. The van der Waals surface area contributed by atoms with Crippen LogP contribution in [0.25, 0.3) is 0 Å². The number of anilines is 1. The van der Waals surface area contributed by atoms with Crippen molar-refractivity contribution in [3.63, 3.8) is 0 Å². The average molecular weight is 311 g/mol. The number of halogens is 2. The summed E-state index contributed by atoms with van der Waals surface area (Å²) in [6.45, 7) is 0. The van der Waals surface area contributed by atoms with Crippen molar-refractivity contribution in [3.05, 3.63) is 28.0 Å². The summed E-state index contributed by atoms with van der Waals surface area (Å²) in [5.74, 6) is -2.25. The van der Waals surface area contributed by atoms with Gasteiger partial charge in [0.05, 0.1) is 0 Å². The highest BCUT2D eigenvalue weighted by Crippen LogP contribution is 2.27. The van der Waals surface area contributed by atoms with Crippen LogP contribution in [0.1, 0.15) is 10.4 Å². The van der Waals surface area contributed by atoms with Gasteiger partial charge in [-0.15, -0.1) is 0 Å². The molecule has 1 aromatic rings. The first-order chi connectivity index (χ1) is 8.51. The van der Waals surface area contributed by atoms with E-state index in [2.05, 4.69) is 26.5 Å². The maximum atomic E-state index is 13.5. The molecular formula is C10H4BrFN4O2. The van der Waals surface area contributed by atoms with Crippen LogP contribution >= 0.6 is 15.9 Å². The van der Waals surface area contributed by atoms with E-state index in [-0.39, 0.29) is 10.0 Å². The molecular weight excluding hydrogens is 307 g/mol. The Labute approximate surface area is 109 Å². The highest BCUT2D eigenvalue weighted by molar-refractivity contribution is 9.10. The van der Waals surface area contributed by atoms with Crippen molar-refractivity contribution in [2.75, 3.05) is 5.43 Å². The van der Waals surface area contributed by atoms with Gasteiger partial charge in [0.25, 0.3) is 0 Å². The number of aromatic carboxylic acids is 1. The zero-order valence-electron chi connectivity index (χ0n) is 8.61. The third-order valence-corrected chi connectivity index (χ3v) is 2.47. The van der Waals surface area contributed by atoms with Gasteiger partial charge in [0.1, 0.15) is 29.2 Å². The van der Waals surface area contributed by atoms with Crippen LogP contribution in [-0.2, 0) is 0 Å². The maximum Gasteiger partial charge on any atom is 0.339 e. The van der Waals surface area contributed by atoms with Gasteiger partial charge in [-0.2, -0.15) is 15.6 Å². The first kappa shape index (κ1) is 13.6. The van der Waals surface area contributed by atoms with Crippen molar-refractivity contribution in [2.45, 2.75) is 0 Å². The van der Waals surface area contributed by atoms with Gasteiger partial charge in [-0.05, 0) is 28.1 Å². The third kappa shape index (κ3) is 2.81. The van der Waals surface area contributed by atoms with Crippen LogP contribution in [0.15, 0.2) is 21.7 Å². The number of hydrazone groups is 1. The molecule has 1 aromatic carbocycles. The van der Waals surface area contributed by atoms with Crippen molar-refractivity contribution in [1.82, 2.24) is 0 Å². The van der Waals surface area contributed by atoms with Crippen LogP contribution < -0.4 is 5.43 Å². The largest absolute Gasteiger partial charge is 0.478 e. The summed E-state index contributed by atoms with van der Waals surface area (Å²) < 4.78 is 13.6. The molecule has 6 nitrogen and oxygen atoms in total. The molecule has 0 fully saturated rings. The molecule has 0 heterocycles. The van der Waals surface area contributed by atoms with E-state index in [0.29, 0.717) is 0 Å². The average Bonchev–Trinajstić information content (AvgIpc) is 2.34. The maximum absolute atomic E-state index is 13.5. The summed E-state index contributed by atoms with van der Waals surface area (Å²) in [5, 5.41) is 29.1. The molecule has 0 aliphatic carbocycles. The van der Waals surface area contributed by atoms with E-state index < -0.39 is 23.2 Å². The number of rotatable bonds is 3. The number of hydrogen-bond donors (Lipinski definition) is 2. The normalized spacial score (nSPS) is 8.89. The third-order valence-electron chi connectivity index (χ3n) is 1.81. The summed E-state index contributed by atoms with van der Waals surface area (Å²) in [6.07, 6.45) is 0. The number of carboxylic acid groups (broad SMARTS) is 1. The molecule has 2 N–H and O–H groups in total. The summed E-state index contributed by atoms with van der Waals surface area (Å²) in [5.41, 5.74) is 0.701. The Morgan fingerprint density at radius 2 is 2.06 bits per heavy atom. The summed E-state index contributed by atoms with van der Waals surface area (Å²) in [4.78, 5) is 11.0. The molecule has 0 saturated carbocycles. The van der Waals surface area contributed by atoms with Crippen molar-refractivity contribution < 1.29 is 14.3 Å². The fraction of sp³-hybridized carbons (Fsp3) is 0. The fourth-order valence-corrected chi connectivity index (χ4v) is 1.56. The molecule has 0 atom stereocenters. The van der Waals surface area contributed by atoms with E-state index in [9.17, 15) is 9.18 Å². The zero-order valence-corrected chi connectivity index (χ0v) is 10.2. The Hall–Kier alpha value is -2.45. The topological polar surface area (TPSA) is 109 Å². The Kier molecular flexibility index (Phi) is 4.35. The lowest BCUT2D eigenvalue weighted by molar-refractivity contribution is 0.0696. The van der Waals surface area contributed by atoms with Gasteiger partial charge >= 0.3 is 5.97 Å². The van der Waals surface area contributed by atoms with Gasteiger partial charge in [-0.1, -0.05) is 0 Å². The van der Waals surface area contributed by atoms with Crippen LogP contribution in [0.5, 0.6) is 0 Å². The molecule has 0 aliphatic rings. The quantitative estimate of drug-likeness (QED) is 0.656. The molecule has 0 bridgehead atoms. The summed E-state index contributed by atoms with van der Waals surface area (Å²) >= 11 is 2.96. The number of nitrogens with one attached hydrogen (secondary N) is 1. The van der Waals surface area contributed by atoms with Crippen LogP contribution in [0.4, 0.5) is 10.1 Å². The molecule has 0 aromatic heterocycles. The highest BCUT2D eigenvalue weighted by Gasteiger charge is 2.18. The lowest BCUT2D eigenvalue weighted by Gasteiger charge is -2.08. The molecule has 0 unspecified atom stereocenters. The predicted octanol–water partition coefficient (Wildman–Crippen LogP) is 2.10. The van der Waals surface area contributed by atoms with E-state index >= 15 is 0 Å². The molecule has 90 valence electrons. The summed E-state index contributed by atoms with van der Waals surface area (Å²) in [6, 6.07) is 5.15. The van der Waals surface area contributed by atoms with Gasteiger partial charge in [0, 0.05) is 4.47 Å². The molecule has 8 heteroatoms. The molecule has 0 radical (unpaired) electrons. The van der Waals surface area contributed by atoms with Crippen LogP contribution in [0.3, 0.4) is 0 Å².